The molecule has 0 spiro atoms. The van der Waals surface area contributed by atoms with Crippen molar-refractivity contribution in [3.63, 3.8) is 0 Å². The first-order valence-corrected chi connectivity index (χ1v) is 7.47. The molecular formula is C15H17N7S. The number of nitrogens with zero attached hydrogens (tertiary/aromatic N) is 5. The van der Waals surface area contributed by atoms with E-state index < -0.39 is 0 Å². The van der Waals surface area contributed by atoms with Crippen molar-refractivity contribution in [2.75, 3.05) is 19.0 Å². The fourth-order valence-electron chi connectivity index (χ4n) is 2.08. The number of H-pyrrole nitrogens is 2. The Labute approximate surface area is 138 Å². The standard InChI is InChI=1S/C15H17N7S/c1-10-8-13(18-17-10)14-19-20-15(23)22(14)16-9-11-4-6-12(7-5-11)21(2)3/h4-9H,1-3H3,(H,17,18)(H,20,23)/b16-9+. The molecule has 2 aromatic heterocycles. The molecule has 23 heavy (non-hydrogen) atoms. The minimum Gasteiger partial charge on any atom is -0.378 e. The van der Waals surface area contributed by atoms with E-state index in [1.54, 1.807) is 10.9 Å². The van der Waals surface area contributed by atoms with E-state index >= 15 is 0 Å². The van der Waals surface area contributed by atoms with Gasteiger partial charge in [-0.15, -0.1) is 0 Å². The van der Waals surface area contributed by atoms with Crippen LogP contribution < -0.4 is 4.90 Å². The Morgan fingerprint density at radius 3 is 2.52 bits per heavy atom. The highest BCUT2D eigenvalue weighted by Gasteiger charge is 2.10. The molecule has 3 aromatic rings. The number of aromatic nitrogens is 5. The third-order valence-corrected chi connectivity index (χ3v) is 3.58. The van der Waals surface area contributed by atoms with Crippen molar-refractivity contribution in [2.45, 2.75) is 6.92 Å². The second-order valence-corrected chi connectivity index (χ2v) is 5.72. The van der Waals surface area contributed by atoms with E-state index in [0.717, 1.165) is 16.9 Å². The van der Waals surface area contributed by atoms with Gasteiger partial charge in [-0.1, -0.05) is 12.1 Å². The largest absolute Gasteiger partial charge is 0.378 e. The summed E-state index contributed by atoms with van der Waals surface area (Å²) in [6.07, 6.45) is 1.74. The monoisotopic (exact) mass is 327 g/mol. The van der Waals surface area contributed by atoms with Crippen molar-refractivity contribution in [1.82, 2.24) is 25.1 Å². The van der Waals surface area contributed by atoms with Crippen LogP contribution in [0.1, 0.15) is 11.3 Å². The lowest BCUT2D eigenvalue weighted by molar-refractivity contribution is 0.865. The van der Waals surface area contributed by atoms with Crippen LogP contribution >= 0.6 is 12.2 Å². The molecule has 0 fully saturated rings. The number of rotatable bonds is 4. The van der Waals surface area contributed by atoms with Gasteiger partial charge in [0.1, 0.15) is 5.69 Å². The van der Waals surface area contributed by atoms with Crippen molar-refractivity contribution in [1.29, 1.82) is 0 Å². The molecule has 0 saturated carbocycles. The van der Waals surface area contributed by atoms with Gasteiger partial charge in [0.2, 0.25) is 10.6 Å². The highest BCUT2D eigenvalue weighted by molar-refractivity contribution is 7.71. The molecule has 0 aliphatic rings. The highest BCUT2D eigenvalue weighted by atomic mass is 32.1. The molecule has 0 atom stereocenters. The van der Waals surface area contributed by atoms with Crippen molar-refractivity contribution in [3.8, 4) is 11.5 Å². The first kappa shape index (κ1) is 15.2. The zero-order chi connectivity index (χ0) is 16.4. The lowest BCUT2D eigenvalue weighted by Gasteiger charge is -2.11. The molecule has 1 aromatic carbocycles. The summed E-state index contributed by atoms with van der Waals surface area (Å²) in [7, 11) is 4.01. The van der Waals surface area contributed by atoms with E-state index in [1.807, 2.05) is 56.3 Å². The first-order valence-electron chi connectivity index (χ1n) is 7.06. The Bertz CT molecular complexity index is 883. The summed E-state index contributed by atoms with van der Waals surface area (Å²) in [5.74, 6) is 0.570. The molecule has 0 radical (unpaired) electrons. The molecule has 2 N–H and O–H groups in total. The summed E-state index contributed by atoms with van der Waals surface area (Å²) < 4.78 is 1.98. The number of hydrogen-bond donors (Lipinski definition) is 2. The molecule has 0 unspecified atom stereocenters. The molecule has 7 nitrogen and oxygen atoms in total. The van der Waals surface area contributed by atoms with Gasteiger partial charge >= 0.3 is 0 Å². The van der Waals surface area contributed by atoms with Crippen LogP contribution in [0, 0.1) is 11.7 Å². The number of aryl methyl sites for hydroxylation is 1. The summed E-state index contributed by atoms with van der Waals surface area (Å²) in [6, 6.07) is 9.96. The van der Waals surface area contributed by atoms with Gasteiger partial charge in [0, 0.05) is 25.5 Å². The summed E-state index contributed by atoms with van der Waals surface area (Å²) in [4.78, 5) is 2.05. The maximum absolute atomic E-state index is 5.24. The highest BCUT2D eigenvalue weighted by Crippen LogP contribution is 2.15. The van der Waals surface area contributed by atoms with Gasteiger partial charge in [-0.3, -0.25) is 5.10 Å². The molecule has 8 heteroatoms. The van der Waals surface area contributed by atoms with Crippen LogP contribution in [0.2, 0.25) is 0 Å². The maximum atomic E-state index is 5.24. The topological polar surface area (TPSA) is 77.9 Å². The first-order chi connectivity index (χ1) is 11.0. The number of nitrogens with one attached hydrogen (secondary N) is 2. The third kappa shape index (κ3) is 3.21. The Morgan fingerprint density at radius 1 is 1.17 bits per heavy atom. The summed E-state index contributed by atoms with van der Waals surface area (Å²) in [5, 5.41) is 18.4. The van der Waals surface area contributed by atoms with Gasteiger partial charge in [0.15, 0.2) is 0 Å². The Kier molecular flexibility index (Phi) is 4.07. The predicted molar refractivity (Wildman–Crippen MR) is 93.5 cm³/mol. The Morgan fingerprint density at radius 2 is 1.91 bits per heavy atom. The molecule has 0 aliphatic carbocycles. The van der Waals surface area contributed by atoms with E-state index in [2.05, 4.69) is 25.5 Å². The number of hydrogen-bond acceptors (Lipinski definition) is 5. The van der Waals surface area contributed by atoms with Crippen LogP contribution in [0.3, 0.4) is 0 Å². The molecule has 3 rings (SSSR count). The number of anilines is 1. The minimum atomic E-state index is 0.418. The fraction of sp³-hybridized carbons (Fsp3) is 0.200. The zero-order valence-corrected chi connectivity index (χ0v) is 13.9. The smallest absolute Gasteiger partial charge is 0.216 e. The average Bonchev–Trinajstić information content (AvgIpc) is 3.11. The van der Waals surface area contributed by atoms with Crippen molar-refractivity contribution < 1.29 is 0 Å². The van der Waals surface area contributed by atoms with Gasteiger partial charge in [-0.2, -0.15) is 20.0 Å². The van der Waals surface area contributed by atoms with Crippen LogP contribution in [0.15, 0.2) is 35.4 Å². The second-order valence-electron chi connectivity index (χ2n) is 5.33. The van der Waals surface area contributed by atoms with Crippen LogP contribution in [0.5, 0.6) is 0 Å². The van der Waals surface area contributed by atoms with Gasteiger partial charge < -0.3 is 4.90 Å². The molecule has 0 bridgehead atoms. The van der Waals surface area contributed by atoms with Gasteiger partial charge in [-0.05, 0) is 42.9 Å². The lowest BCUT2D eigenvalue weighted by atomic mass is 10.2. The summed E-state index contributed by atoms with van der Waals surface area (Å²) >= 11 is 5.24. The minimum absolute atomic E-state index is 0.418. The lowest BCUT2D eigenvalue weighted by Crippen LogP contribution is -2.08. The summed E-state index contributed by atoms with van der Waals surface area (Å²) in [6.45, 7) is 1.93. The molecule has 2 heterocycles. The van der Waals surface area contributed by atoms with Gasteiger partial charge in [0.05, 0.1) is 6.21 Å². The molecular weight excluding hydrogens is 310 g/mol. The molecule has 0 aliphatic heterocycles. The SMILES string of the molecule is Cc1cc(-c2n[nH]c(=S)n2/N=C/c2ccc(N(C)C)cc2)n[nH]1. The average molecular weight is 327 g/mol. The van der Waals surface area contributed by atoms with Crippen LogP contribution in [0.25, 0.3) is 11.5 Å². The summed E-state index contributed by atoms with van der Waals surface area (Å²) in [5.41, 5.74) is 3.75. The maximum Gasteiger partial charge on any atom is 0.216 e. The van der Waals surface area contributed by atoms with Crippen LogP contribution in [-0.4, -0.2) is 45.4 Å². The number of aromatic amines is 2. The van der Waals surface area contributed by atoms with E-state index in [9.17, 15) is 0 Å². The molecule has 0 saturated heterocycles. The van der Waals surface area contributed by atoms with Crippen LogP contribution in [0.4, 0.5) is 5.69 Å². The predicted octanol–water partition coefficient (Wildman–Crippen LogP) is 2.59. The Hall–Kier alpha value is -2.74. The van der Waals surface area contributed by atoms with Crippen LogP contribution in [-0.2, 0) is 0 Å². The van der Waals surface area contributed by atoms with Gasteiger partial charge in [0.25, 0.3) is 0 Å². The zero-order valence-electron chi connectivity index (χ0n) is 13.1. The fourth-order valence-corrected chi connectivity index (χ4v) is 2.26. The van der Waals surface area contributed by atoms with E-state index in [4.69, 9.17) is 12.2 Å². The molecule has 0 amide bonds. The van der Waals surface area contributed by atoms with Gasteiger partial charge in [-0.25, -0.2) is 5.10 Å². The number of benzene rings is 1. The van der Waals surface area contributed by atoms with E-state index in [-0.39, 0.29) is 0 Å². The van der Waals surface area contributed by atoms with E-state index in [1.165, 1.54) is 0 Å². The quantitative estimate of drug-likeness (QED) is 0.570. The van der Waals surface area contributed by atoms with Crippen molar-refractivity contribution >= 4 is 24.1 Å². The van der Waals surface area contributed by atoms with E-state index in [0.29, 0.717) is 16.3 Å². The third-order valence-electron chi connectivity index (χ3n) is 3.32. The molecule has 118 valence electrons. The van der Waals surface area contributed by atoms with Crippen molar-refractivity contribution in [3.05, 3.63) is 46.4 Å². The van der Waals surface area contributed by atoms with Crippen molar-refractivity contribution in [2.24, 2.45) is 5.10 Å². The Balaban J connectivity index is 1.91. The second kappa shape index (κ2) is 6.17. The normalized spacial score (nSPS) is 11.3.